The van der Waals surface area contributed by atoms with Crippen LogP contribution in [0.5, 0.6) is 0 Å². The molecular formula is C19H18FN3O4S. The van der Waals surface area contributed by atoms with E-state index in [2.05, 4.69) is 9.71 Å². The molecule has 1 aliphatic carbocycles. The van der Waals surface area contributed by atoms with Crippen molar-refractivity contribution >= 4 is 27.0 Å². The Labute approximate surface area is 160 Å². The number of carbonyl (C=O) groups is 1. The molecule has 3 aromatic rings. The van der Waals surface area contributed by atoms with Gasteiger partial charge in [-0.3, -0.25) is 9.78 Å². The van der Waals surface area contributed by atoms with Crippen LogP contribution in [-0.4, -0.2) is 35.1 Å². The molecule has 0 saturated heterocycles. The Morgan fingerprint density at radius 2 is 2.04 bits per heavy atom. The number of nitrogens with zero attached hydrogens (tertiary/aromatic N) is 2. The summed E-state index contributed by atoms with van der Waals surface area (Å²) < 4.78 is 42.7. The molecule has 2 aromatic heterocycles. The van der Waals surface area contributed by atoms with Crippen molar-refractivity contribution < 1.29 is 22.7 Å². The number of sulfonamides is 1. The van der Waals surface area contributed by atoms with Crippen LogP contribution in [0.4, 0.5) is 4.39 Å². The van der Waals surface area contributed by atoms with E-state index in [9.17, 15) is 22.7 Å². The maximum atomic E-state index is 13.1. The van der Waals surface area contributed by atoms with Gasteiger partial charge in [-0.15, -0.1) is 0 Å². The highest BCUT2D eigenvalue weighted by molar-refractivity contribution is 7.89. The fraction of sp³-hybridized carbons (Fsp3) is 0.263. The Hall–Kier alpha value is -2.78. The van der Waals surface area contributed by atoms with E-state index in [1.807, 2.05) is 6.07 Å². The Morgan fingerprint density at radius 1 is 1.29 bits per heavy atom. The van der Waals surface area contributed by atoms with E-state index in [0.29, 0.717) is 24.8 Å². The van der Waals surface area contributed by atoms with Gasteiger partial charge in [0, 0.05) is 23.5 Å². The first-order chi connectivity index (χ1) is 13.3. The summed E-state index contributed by atoms with van der Waals surface area (Å²) in [5.41, 5.74) is 3.18. The quantitative estimate of drug-likeness (QED) is 0.679. The Balaban J connectivity index is 1.65. The van der Waals surface area contributed by atoms with Crippen LogP contribution in [0.25, 0.3) is 11.0 Å². The molecule has 1 aromatic carbocycles. The average molecular weight is 403 g/mol. The van der Waals surface area contributed by atoms with E-state index < -0.39 is 21.8 Å². The number of aromatic nitrogens is 2. The number of pyridine rings is 1. The molecule has 2 N–H and O–H groups in total. The Kier molecular flexibility index (Phi) is 4.64. The normalized spacial score (nSPS) is 16.8. The molecule has 0 aliphatic heterocycles. The number of fused-ring (bicyclic) bond motifs is 3. The highest BCUT2D eigenvalue weighted by atomic mass is 32.2. The first kappa shape index (κ1) is 18.6. The lowest BCUT2D eigenvalue weighted by Gasteiger charge is -2.24. The third kappa shape index (κ3) is 3.38. The molecule has 2 heterocycles. The van der Waals surface area contributed by atoms with Gasteiger partial charge in [0.05, 0.1) is 15.9 Å². The van der Waals surface area contributed by atoms with Crippen LogP contribution < -0.4 is 4.72 Å². The van der Waals surface area contributed by atoms with Crippen molar-refractivity contribution in [3.05, 3.63) is 59.7 Å². The molecule has 1 atom stereocenters. The topological polar surface area (TPSA) is 101 Å². The lowest BCUT2D eigenvalue weighted by Crippen LogP contribution is -2.39. The fourth-order valence-electron chi connectivity index (χ4n) is 3.77. The lowest BCUT2D eigenvalue weighted by molar-refractivity contribution is -0.137. The molecule has 146 valence electrons. The van der Waals surface area contributed by atoms with Crippen molar-refractivity contribution in [2.45, 2.75) is 36.7 Å². The van der Waals surface area contributed by atoms with Crippen molar-refractivity contribution in [2.75, 3.05) is 0 Å². The highest BCUT2D eigenvalue weighted by Crippen LogP contribution is 2.31. The molecule has 0 saturated carbocycles. The molecule has 7 nitrogen and oxygen atoms in total. The molecule has 0 radical (unpaired) electrons. The van der Waals surface area contributed by atoms with Gasteiger partial charge >= 0.3 is 5.97 Å². The average Bonchev–Trinajstić information content (AvgIpc) is 2.95. The number of rotatable bonds is 5. The van der Waals surface area contributed by atoms with Crippen LogP contribution in [0, 0.1) is 5.82 Å². The van der Waals surface area contributed by atoms with Crippen molar-refractivity contribution in [3.8, 4) is 0 Å². The van der Waals surface area contributed by atoms with Gasteiger partial charge in [0.2, 0.25) is 10.0 Å². The minimum absolute atomic E-state index is 0.00567. The van der Waals surface area contributed by atoms with Crippen molar-refractivity contribution in [3.63, 3.8) is 0 Å². The molecule has 9 heteroatoms. The zero-order valence-electron chi connectivity index (χ0n) is 14.8. The maximum absolute atomic E-state index is 13.1. The van der Waals surface area contributed by atoms with Crippen LogP contribution in [0.15, 0.2) is 47.5 Å². The maximum Gasteiger partial charge on any atom is 0.323 e. The number of benzene rings is 1. The van der Waals surface area contributed by atoms with Crippen LogP contribution >= 0.6 is 0 Å². The van der Waals surface area contributed by atoms with E-state index in [4.69, 9.17) is 0 Å². The molecule has 0 amide bonds. The molecule has 0 spiro atoms. The van der Waals surface area contributed by atoms with Gasteiger partial charge in [-0.1, -0.05) is 0 Å². The minimum Gasteiger partial charge on any atom is -0.480 e. The summed E-state index contributed by atoms with van der Waals surface area (Å²) in [6, 6.07) is 7.89. The van der Waals surface area contributed by atoms with Gasteiger partial charge < -0.3 is 9.67 Å². The van der Waals surface area contributed by atoms with Crippen LogP contribution in [0.2, 0.25) is 0 Å². The summed E-state index contributed by atoms with van der Waals surface area (Å²) in [4.78, 5) is 15.7. The standard InChI is InChI=1S/C19H18FN3O4S/c20-12-3-6-14(7-4-12)28(26,27)22-13-5-8-16-15(10-13)19-17(2-1-9-21-19)23(16)11-18(24)25/h1-4,6-7,9,13,22H,5,8,10-11H2,(H,24,25). The van der Waals surface area contributed by atoms with Crippen molar-refractivity contribution in [1.29, 1.82) is 0 Å². The Bertz CT molecular complexity index is 1160. The number of hydrogen-bond acceptors (Lipinski definition) is 4. The largest absolute Gasteiger partial charge is 0.480 e. The molecule has 0 bridgehead atoms. The van der Waals surface area contributed by atoms with E-state index in [-0.39, 0.29) is 17.5 Å². The van der Waals surface area contributed by atoms with Gasteiger partial charge in [0.25, 0.3) is 0 Å². The summed E-state index contributed by atoms with van der Waals surface area (Å²) in [5.74, 6) is -1.44. The van der Waals surface area contributed by atoms with E-state index in [1.54, 1.807) is 16.8 Å². The summed E-state index contributed by atoms with van der Waals surface area (Å²) in [6.45, 7) is -0.163. The zero-order valence-corrected chi connectivity index (χ0v) is 15.6. The van der Waals surface area contributed by atoms with Crippen molar-refractivity contribution in [2.24, 2.45) is 0 Å². The number of carboxylic acid groups (broad SMARTS) is 1. The van der Waals surface area contributed by atoms with Gasteiger partial charge in [-0.25, -0.2) is 17.5 Å². The monoisotopic (exact) mass is 403 g/mol. The van der Waals surface area contributed by atoms with E-state index in [0.717, 1.165) is 28.9 Å². The minimum atomic E-state index is -3.78. The van der Waals surface area contributed by atoms with Gasteiger partial charge in [-0.2, -0.15) is 0 Å². The molecule has 28 heavy (non-hydrogen) atoms. The van der Waals surface area contributed by atoms with E-state index >= 15 is 0 Å². The summed E-state index contributed by atoms with van der Waals surface area (Å²) in [7, 11) is -3.78. The number of aliphatic carboxylic acids is 1. The number of hydrogen-bond donors (Lipinski definition) is 2. The first-order valence-corrected chi connectivity index (χ1v) is 10.3. The summed E-state index contributed by atoms with van der Waals surface area (Å²) in [6.07, 6.45) is 3.12. The number of nitrogens with one attached hydrogen (secondary N) is 1. The van der Waals surface area contributed by atoms with Gasteiger partial charge in [0.15, 0.2) is 0 Å². The molecule has 4 rings (SSSR count). The lowest BCUT2D eigenvalue weighted by atomic mass is 9.93. The second-order valence-electron chi connectivity index (χ2n) is 6.79. The van der Waals surface area contributed by atoms with E-state index in [1.165, 1.54) is 12.1 Å². The SMILES string of the molecule is O=C(O)Cn1c2c(c3ncccc31)CC(NS(=O)(=O)c1ccc(F)cc1)CC2. The smallest absolute Gasteiger partial charge is 0.323 e. The van der Waals surface area contributed by atoms with Crippen molar-refractivity contribution in [1.82, 2.24) is 14.3 Å². The molecular weight excluding hydrogens is 385 g/mol. The first-order valence-electron chi connectivity index (χ1n) is 8.80. The third-order valence-electron chi connectivity index (χ3n) is 4.96. The predicted molar refractivity (Wildman–Crippen MR) is 99.9 cm³/mol. The summed E-state index contributed by atoms with van der Waals surface area (Å²) in [5, 5.41) is 9.24. The summed E-state index contributed by atoms with van der Waals surface area (Å²) >= 11 is 0. The zero-order chi connectivity index (χ0) is 19.9. The predicted octanol–water partition coefficient (Wildman–Crippen LogP) is 2.10. The number of carboxylic acids is 1. The second kappa shape index (κ2) is 6.99. The Morgan fingerprint density at radius 3 is 2.75 bits per heavy atom. The van der Waals surface area contributed by atoms with Crippen LogP contribution in [-0.2, 0) is 34.2 Å². The number of halogens is 1. The molecule has 0 fully saturated rings. The third-order valence-corrected chi connectivity index (χ3v) is 6.49. The van der Waals surface area contributed by atoms with Gasteiger partial charge in [-0.05, 0) is 55.7 Å². The van der Waals surface area contributed by atoms with Crippen LogP contribution in [0.3, 0.4) is 0 Å². The highest BCUT2D eigenvalue weighted by Gasteiger charge is 2.29. The molecule has 1 aliphatic rings. The molecule has 1 unspecified atom stereocenters. The fourth-order valence-corrected chi connectivity index (χ4v) is 5.04. The van der Waals surface area contributed by atoms with Crippen LogP contribution in [0.1, 0.15) is 17.7 Å². The second-order valence-corrected chi connectivity index (χ2v) is 8.51. The van der Waals surface area contributed by atoms with Gasteiger partial charge in [0.1, 0.15) is 12.4 Å².